The lowest BCUT2D eigenvalue weighted by Gasteiger charge is -2.20. The molecular formula is C16H24N2O2. The Morgan fingerprint density at radius 3 is 2.70 bits per heavy atom. The summed E-state index contributed by atoms with van der Waals surface area (Å²) in [7, 11) is 0. The summed E-state index contributed by atoms with van der Waals surface area (Å²) in [6, 6.07) is 7.32. The molecular weight excluding hydrogens is 252 g/mol. The Morgan fingerprint density at radius 1 is 1.40 bits per heavy atom. The molecule has 0 aromatic heterocycles. The van der Waals surface area contributed by atoms with Gasteiger partial charge in [-0.2, -0.15) is 0 Å². The molecule has 4 heteroatoms. The zero-order valence-corrected chi connectivity index (χ0v) is 12.3. The van der Waals surface area contributed by atoms with E-state index < -0.39 is 0 Å². The van der Waals surface area contributed by atoms with E-state index in [1.807, 2.05) is 18.2 Å². The number of rotatable bonds is 7. The van der Waals surface area contributed by atoms with E-state index in [1.54, 1.807) is 6.07 Å². The summed E-state index contributed by atoms with van der Waals surface area (Å²) < 4.78 is 5.52. The average Bonchev–Trinajstić information content (AvgIpc) is 3.20. The van der Waals surface area contributed by atoms with E-state index in [0.717, 1.165) is 6.54 Å². The monoisotopic (exact) mass is 276 g/mol. The highest BCUT2D eigenvalue weighted by Crippen LogP contribution is 2.51. The molecule has 0 saturated heterocycles. The number of hydrogen-bond acceptors (Lipinski definition) is 3. The third-order valence-corrected chi connectivity index (χ3v) is 4.26. The van der Waals surface area contributed by atoms with E-state index in [0.29, 0.717) is 35.8 Å². The summed E-state index contributed by atoms with van der Waals surface area (Å²) in [5.41, 5.74) is 6.72. The summed E-state index contributed by atoms with van der Waals surface area (Å²) >= 11 is 0. The molecule has 0 radical (unpaired) electrons. The van der Waals surface area contributed by atoms with Crippen molar-refractivity contribution >= 4 is 11.6 Å². The van der Waals surface area contributed by atoms with Gasteiger partial charge in [0.1, 0.15) is 5.75 Å². The van der Waals surface area contributed by atoms with Crippen LogP contribution in [0.3, 0.4) is 0 Å². The second-order valence-electron chi connectivity index (χ2n) is 5.93. The van der Waals surface area contributed by atoms with Gasteiger partial charge in [-0.1, -0.05) is 26.0 Å². The number of nitrogens with one attached hydrogen (secondary N) is 1. The van der Waals surface area contributed by atoms with Gasteiger partial charge >= 0.3 is 0 Å². The van der Waals surface area contributed by atoms with Crippen LogP contribution >= 0.6 is 0 Å². The number of amides is 1. The predicted octanol–water partition coefficient (Wildman–Crippen LogP) is 2.59. The molecule has 0 bridgehead atoms. The maximum atomic E-state index is 11.8. The van der Waals surface area contributed by atoms with E-state index in [4.69, 9.17) is 10.5 Å². The number of benzene rings is 1. The maximum absolute atomic E-state index is 11.8. The Kier molecular flexibility index (Phi) is 4.53. The molecule has 1 aromatic rings. The molecule has 1 saturated carbocycles. The first-order valence-electron chi connectivity index (χ1n) is 7.27. The van der Waals surface area contributed by atoms with Crippen LogP contribution < -0.4 is 15.8 Å². The molecule has 0 heterocycles. The average molecular weight is 276 g/mol. The molecule has 1 amide bonds. The van der Waals surface area contributed by atoms with Crippen LogP contribution in [0, 0.1) is 11.3 Å². The molecule has 20 heavy (non-hydrogen) atoms. The molecule has 0 aliphatic heterocycles. The minimum absolute atomic E-state index is 0.0476. The summed E-state index contributed by atoms with van der Waals surface area (Å²) in [4.78, 5) is 11.8. The first-order valence-corrected chi connectivity index (χ1v) is 7.27. The maximum Gasteiger partial charge on any atom is 0.223 e. The molecule has 1 aliphatic carbocycles. The number of ether oxygens (including phenoxy) is 1. The highest BCUT2D eigenvalue weighted by Gasteiger charge is 2.45. The Bertz CT molecular complexity index is 467. The Hall–Kier alpha value is -1.71. The highest BCUT2D eigenvalue weighted by atomic mass is 16.5. The van der Waals surface area contributed by atoms with Crippen LogP contribution in [-0.4, -0.2) is 19.1 Å². The van der Waals surface area contributed by atoms with Gasteiger partial charge in [-0.3, -0.25) is 4.79 Å². The van der Waals surface area contributed by atoms with Gasteiger partial charge in [-0.05, 0) is 36.3 Å². The number of hydrogen-bond donors (Lipinski definition) is 2. The lowest BCUT2D eigenvalue weighted by molar-refractivity contribution is -0.121. The molecule has 1 aromatic carbocycles. The SMILES string of the molecule is CC(C)C1(CNC(=O)CCOc2ccccc2N)CC1. The lowest BCUT2D eigenvalue weighted by atomic mass is 9.92. The van der Waals surface area contributed by atoms with Gasteiger partial charge in [-0.25, -0.2) is 0 Å². The quantitative estimate of drug-likeness (QED) is 0.752. The fourth-order valence-electron chi connectivity index (χ4n) is 2.35. The molecule has 0 unspecified atom stereocenters. The van der Waals surface area contributed by atoms with Gasteiger partial charge in [-0.15, -0.1) is 0 Å². The molecule has 110 valence electrons. The van der Waals surface area contributed by atoms with Crippen molar-refractivity contribution in [1.82, 2.24) is 5.32 Å². The molecule has 1 fully saturated rings. The number of nitrogens with two attached hydrogens (primary N) is 1. The smallest absolute Gasteiger partial charge is 0.223 e. The largest absolute Gasteiger partial charge is 0.491 e. The van der Waals surface area contributed by atoms with E-state index in [2.05, 4.69) is 19.2 Å². The van der Waals surface area contributed by atoms with Gasteiger partial charge in [0, 0.05) is 6.54 Å². The summed E-state index contributed by atoms with van der Waals surface area (Å²) in [6.07, 6.45) is 2.81. The fourth-order valence-corrected chi connectivity index (χ4v) is 2.35. The first-order chi connectivity index (χ1) is 9.53. The Morgan fingerprint density at radius 2 is 2.10 bits per heavy atom. The van der Waals surface area contributed by atoms with E-state index in [1.165, 1.54) is 12.8 Å². The van der Waals surface area contributed by atoms with Gasteiger partial charge in [0.15, 0.2) is 0 Å². The second-order valence-corrected chi connectivity index (χ2v) is 5.93. The van der Waals surface area contributed by atoms with E-state index >= 15 is 0 Å². The topological polar surface area (TPSA) is 64.3 Å². The van der Waals surface area contributed by atoms with E-state index in [-0.39, 0.29) is 5.91 Å². The van der Waals surface area contributed by atoms with Crippen LogP contribution in [-0.2, 0) is 4.79 Å². The van der Waals surface area contributed by atoms with Crippen molar-refractivity contribution in [1.29, 1.82) is 0 Å². The van der Waals surface area contributed by atoms with Crippen molar-refractivity contribution in [3.8, 4) is 5.75 Å². The predicted molar refractivity (Wildman–Crippen MR) is 80.5 cm³/mol. The van der Waals surface area contributed by atoms with Gasteiger partial charge in [0.05, 0.1) is 18.7 Å². The van der Waals surface area contributed by atoms with Crippen LogP contribution in [0.1, 0.15) is 33.1 Å². The number of nitrogen functional groups attached to an aromatic ring is 1. The molecule has 3 N–H and O–H groups in total. The normalized spacial score (nSPS) is 15.9. The highest BCUT2D eigenvalue weighted by molar-refractivity contribution is 5.76. The molecule has 0 spiro atoms. The summed E-state index contributed by atoms with van der Waals surface area (Å²) in [6.45, 7) is 5.59. The van der Waals surface area contributed by atoms with Gasteiger partial charge in [0.2, 0.25) is 5.91 Å². The Labute approximate surface area is 120 Å². The Balaban J connectivity index is 1.67. The molecule has 1 aliphatic rings. The van der Waals surface area contributed by atoms with Crippen molar-refractivity contribution in [3.63, 3.8) is 0 Å². The minimum Gasteiger partial charge on any atom is -0.491 e. The minimum atomic E-state index is 0.0476. The number of anilines is 1. The number of carbonyl (C=O) groups excluding carboxylic acids is 1. The number of para-hydroxylation sites is 2. The van der Waals surface area contributed by atoms with Crippen LogP contribution in [0.2, 0.25) is 0 Å². The van der Waals surface area contributed by atoms with Crippen molar-refractivity contribution in [2.24, 2.45) is 11.3 Å². The summed E-state index contributed by atoms with van der Waals surface area (Å²) in [5, 5.41) is 3.02. The van der Waals surface area contributed by atoms with Crippen LogP contribution in [0.25, 0.3) is 0 Å². The third-order valence-electron chi connectivity index (χ3n) is 4.26. The first kappa shape index (κ1) is 14.7. The molecule has 2 rings (SSSR count). The van der Waals surface area contributed by atoms with Gasteiger partial charge < -0.3 is 15.8 Å². The number of carbonyl (C=O) groups is 1. The standard InChI is InChI=1S/C16H24N2O2/c1-12(2)16(8-9-16)11-18-15(19)7-10-20-14-6-4-3-5-13(14)17/h3-6,12H,7-11,17H2,1-2H3,(H,18,19). The molecule has 0 atom stereocenters. The van der Waals surface area contributed by atoms with Gasteiger partial charge in [0.25, 0.3) is 0 Å². The van der Waals surface area contributed by atoms with Crippen molar-refractivity contribution < 1.29 is 9.53 Å². The van der Waals surface area contributed by atoms with Crippen LogP contribution in [0.4, 0.5) is 5.69 Å². The zero-order valence-electron chi connectivity index (χ0n) is 12.3. The van der Waals surface area contributed by atoms with Crippen molar-refractivity contribution in [2.75, 3.05) is 18.9 Å². The zero-order chi connectivity index (χ0) is 14.6. The van der Waals surface area contributed by atoms with Crippen LogP contribution in [0.15, 0.2) is 24.3 Å². The summed E-state index contributed by atoms with van der Waals surface area (Å²) in [5.74, 6) is 1.32. The van der Waals surface area contributed by atoms with Crippen LogP contribution in [0.5, 0.6) is 5.75 Å². The molecule has 4 nitrogen and oxygen atoms in total. The van der Waals surface area contributed by atoms with E-state index in [9.17, 15) is 4.79 Å². The third kappa shape index (κ3) is 3.65. The van der Waals surface area contributed by atoms with Crippen molar-refractivity contribution in [2.45, 2.75) is 33.1 Å². The lowest BCUT2D eigenvalue weighted by Crippen LogP contribution is -2.33. The second kappa shape index (κ2) is 6.16. The fraction of sp³-hybridized carbons (Fsp3) is 0.562. The van der Waals surface area contributed by atoms with Crippen molar-refractivity contribution in [3.05, 3.63) is 24.3 Å².